The molecule has 2 rings (SSSR count). The van der Waals surface area contributed by atoms with E-state index >= 15 is 0 Å². The molecule has 0 aliphatic heterocycles. The van der Waals surface area contributed by atoms with Gasteiger partial charge in [-0.15, -0.1) is 0 Å². The third kappa shape index (κ3) is 7.51. The molecule has 0 unspecified atom stereocenters. The van der Waals surface area contributed by atoms with Gasteiger partial charge in [-0.25, -0.2) is 0 Å². The highest BCUT2D eigenvalue weighted by Crippen LogP contribution is 2.25. The minimum atomic E-state index is -0.329. The molecule has 0 spiro atoms. The smallest absolute Gasteiger partial charge is 0.307 e. The first kappa shape index (κ1) is 22.9. The Kier molecular flexibility index (Phi) is 9.67. The highest BCUT2D eigenvalue weighted by atomic mass is 79.9. The second-order valence-electron chi connectivity index (χ2n) is 6.25. The largest absolute Gasteiger partial charge is 0.490 e. The van der Waals surface area contributed by atoms with Crippen LogP contribution in [0.5, 0.6) is 5.75 Å². The van der Waals surface area contributed by atoms with Crippen LogP contribution in [0.15, 0.2) is 53.0 Å². The van der Waals surface area contributed by atoms with E-state index in [1.807, 2.05) is 36.4 Å². The molecule has 6 nitrogen and oxygen atoms in total. The highest BCUT2D eigenvalue weighted by Gasteiger charge is 2.22. The lowest BCUT2D eigenvalue weighted by molar-refractivity contribution is -0.143. The number of amides is 1. The SMILES string of the molecule is CCOC(=O)CCN(Cc1ccccc1)C(=O)c1cc(Br)ccc1OCCOC. The van der Waals surface area contributed by atoms with Gasteiger partial charge in [-0.2, -0.15) is 0 Å². The highest BCUT2D eigenvalue weighted by molar-refractivity contribution is 9.10. The van der Waals surface area contributed by atoms with Crippen molar-refractivity contribution in [1.29, 1.82) is 0 Å². The number of carbonyl (C=O) groups excluding carboxylic acids is 2. The van der Waals surface area contributed by atoms with Crippen LogP contribution in [0.2, 0.25) is 0 Å². The van der Waals surface area contributed by atoms with E-state index in [0.29, 0.717) is 37.7 Å². The second kappa shape index (κ2) is 12.2. The van der Waals surface area contributed by atoms with Gasteiger partial charge in [-0.05, 0) is 30.7 Å². The van der Waals surface area contributed by atoms with Gasteiger partial charge in [0.15, 0.2) is 0 Å². The number of carbonyl (C=O) groups is 2. The first-order chi connectivity index (χ1) is 14.0. The zero-order valence-electron chi connectivity index (χ0n) is 16.7. The molecule has 0 saturated carbocycles. The number of nitrogens with zero attached hydrogens (tertiary/aromatic N) is 1. The third-order valence-corrected chi connectivity index (χ3v) is 4.60. The van der Waals surface area contributed by atoms with Crippen LogP contribution in [0.4, 0.5) is 0 Å². The Morgan fingerprint density at radius 3 is 2.52 bits per heavy atom. The minimum absolute atomic E-state index is 0.125. The molecule has 156 valence electrons. The maximum absolute atomic E-state index is 13.4. The fourth-order valence-electron chi connectivity index (χ4n) is 2.72. The molecule has 1 amide bonds. The molecule has 2 aromatic rings. The number of hydrogen-bond acceptors (Lipinski definition) is 5. The predicted molar refractivity (Wildman–Crippen MR) is 114 cm³/mol. The Morgan fingerprint density at radius 2 is 1.83 bits per heavy atom. The lowest BCUT2D eigenvalue weighted by Crippen LogP contribution is -2.33. The average Bonchev–Trinajstić information content (AvgIpc) is 2.72. The van der Waals surface area contributed by atoms with Crippen LogP contribution >= 0.6 is 15.9 Å². The van der Waals surface area contributed by atoms with E-state index in [1.165, 1.54) is 0 Å². The standard InChI is InChI=1S/C22H26BrNO5/c1-3-28-21(25)11-12-24(16-17-7-5-4-6-8-17)22(26)19-15-18(23)9-10-20(19)29-14-13-27-2/h4-10,15H,3,11-14,16H2,1-2H3. The first-order valence-electron chi connectivity index (χ1n) is 9.45. The summed E-state index contributed by atoms with van der Waals surface area (Å²) in [6.45, 7) is 3.45. The number of ether oxygens (including phenoxy) is 3. The summed E-state index contributed by atoms with van der Waals surface area (Å²) in [6.07, 6.45) is 0.125. The Hall–Kier alpha value is -2.38. The Labute approximate surface area is 179 Å². The molecule has 0 saturated heterocycles. The van der Waals surface area contributed by atoms with E-state index in [2.05, 4.69) is 15.9 Å². The first-order valence-corrected chi connectivity index (χ1v) is 10.2. The van der Waals surface area contributed by atoms with Crippen LogP contribution in [-0.4, -0.2) is 50.3 Å². The van der Waals surface area contributed by atoms with Gasteiger partial charge >= 0.3 is 5.97 Å². The fraction of sp³-hybridized carbons (Fsp3) is 0.364. The predicted octanol–water partition coefficient (Wildman–Crippen LogP) is 4.07. The molecule has 0 heterocycles. The van der Waals surface area contributed by atoms with Crippen molar-refractivity contribution in [2.24, 2.45) is 0 Å². The summed E-state index contributed by atoms with van der Waals surface area (Å²) in [4.78, 5) is 26.9. The van der Waals surface area contributed by atoms with Crippen LogP contribution in [0.1, 0.15) is 29.3 Å². The van der Waals surface area contributed by atoms with Gasteiger partial charge in [-0.3, -0.25) is 9.59 Å². The lowest BCUT2D eigenvalue weighted by Gasteiger charge is -2.24. The van der Waals surface area contributed by atoms with Gasteiger partial charge in [0.05, 0.1) is 25.2 Å². The number of halogens is 1. The van der Waals surface area contributed by atoms with E-state index in [4.69, 9.17) is 14.2 Å². The van der Waals surface area contributed by atoms with Crippen molar-refractivity contribution in [3.63, 3.8) is 0 Å². The molecular weight excluding hydrogens is 438 g/mol. The van der Waals surface area contributed by atoms with Crippen LogP contribution in [0, 0.1) is 0 Å². The minimum Gasteiger partial charge on any atom is -0.490 e. The van der Waals surface area contributed by atoms with Crippen molar-refractivity contribution in [3.8, 4) is 5.75 Å². The molecule has 7 heteroatoms. The average molecular weight is 464 g/mol. The fourth-order valence-corrected chi connectivity index (χ4v) is 3.08. The number of benzene rings is 2. The summed E-state index contributed by atoms with van der Waals surface area (Å²) >= 11 is 3.42. The Balaban J connectivity index is 2.25. The molecular formula is C22H26BrNO5. The maximum Gasteiger partial charge on any atom is 0.307 e. The quantitative estimate of drug-likeness (QED) is 0.371. The molecule has 0 bridgehead atoms. The van der Waals surface area contributed by atoms with Crippen molar-refractivity contribution < 1.29 is 23.8 Å². The van der Waals surface area contributed by atoms with Crippen LogP contribution in [0.3, 0.4) is 0 Å². The maximum atomic E-state index is 13.4. The number of esters is 1. The molecule has 0 atom stereocenters. The van der Waals surface area contributed by atoms with Gasteiger partial charge in [0.2, 0.25) is 0 Å². The molecule has 0 fully saturated rings. The van der Waals surface area contributed by atoms with Gasteiger partial charge in [0, 0.05) is 24.7 Å². The molecule has 29 heavy (non-hydrogen) atoms. The van der Waals surface area contributed by atoms with Gasteiger partial charge in [0.25, 0.3) is 5.91 Å². The van der Waals surface area contributed by atoms with Crippen molar-refractivity contribution in [2.45, 2.75) is 19.9 Å². The van der Waals surface area contributed by atoms with E-state index in [1.54, 1.807) is 31.1 Å². The molecule has 0 aromatic heterocycles. The number of methoxy groups -OCH3 is 1. The Morgan fingerprint density at radius 1 is 1.07 bits per heavy atom. The van der Waals surface area contributed by atoms with Gasteiger partial charge in [-0.1, -0.05) is 46.3 Å². The summed E-state index contributed by atoms with van der Waals surface area (Å²) in [5.41, 5.74) is 1.40. The van der Waals surface area contributed by atoms with Crippen LogP contribution in [0.25, 0.3) is 0 Å². The topological polar surface area (TPSA) is 65.1 Å². The molecule has 0 aliphatic carbocycles. The normalized spacial score (nSPS) is 10.4. The van der Waals surface area contributed by atoms with Gasteiger partial charge < -0.3 is 19.1 Å². The summed E-state index contributed by atoms with van der Waals surface area (Å²) in [6, 6.07) is 14.9. The lowest BCUT2D eigenvalue weighted by atomic mass is 10.1. The second-order valence-corrected chi connectivity index (χ2v) is 7.16. The zero-order chi connectivity index (χ0) is 21.1. The number of rotatable bonds is 11. The van der Waals surface area contributed by atoms with E-state index < -0.39 is 0 Å². The Bertz CT molecular complexity index is 797. The molecule has 0 N–H and O–H groups in total. The monoisotopic (exact) mass is 463 g/mol. The third-order valence-electron chi connectivity index (χ3n) is 4.11. The summed E-state index contributed by atoms with van der Waals surface area (Å²) in [5.74, 6) is -0.0690. The van der Waals surface area contributed by atoms with Crippen molar-refractivity contribution in [2.75, 3.05) is 33.5 Å². The molecule has 0 aliphatic rings. The van der Waals surface area contributed by atoms with E-state index in [0.717, 1.165) is 10.0 Å². The summed E-state index contributed by atoms with van der Waals surface area (Å²) < 4.78 is 16.5. The van der Waals surface area contributed by atoms with Crippen molar-refractivity contribution in [1.82, 2.24) is 4.90 Å². The van der Waals surface area contributed by atoms with Gasteiger partial charge in [0.1, 0.15) is 12.4 Å². The molecule has 0 radical (unpaired) electrons. The van der Waals surface area contributed by atoms with Crippen LogP contribution in [-0.2, 0) is 20.8 Å². The van der Waals surface area contributed by atoms with Crippen molar-refractivity contribution in [3.05, 3.63) is 64.1 Å². The summed E-state index contributed by atoms with van der Waals surface area (Å²) in [5, 5.41) is 0. The van der Waals surface area contributed by atoms with Crippen LogP contribution < -0.4 is 4.74 Å². The zero-order valence-corrected chi connectivity index (χ0v) is 18.3. The van der Waals surface area contributed by atoms with E-state index in [9.17, 15) is 9.59 Å². The van der Waals surface area contributed by atoms with E-state index in [-0.39, 0.29) is 24.8 Å². The molecule has 2 aromatic carbocycles. The number of hydrogen-bond donors (Lipinski definition) is 0. The van der Waals surface area contributed by atoms with Crippen molar-refractivity contribution >= 4 is 27.8 Å². The summed E-state index contributed by atoms with van der Waals surface area (Å²) in [7, 11) is 1.59.